The maximum Gasteiger partial charge on any atom is 0.105 e. The molecule has 5 heteroatoms. The molecule has 0 amide bonds. The highest BCUT2D eigenvalue weighted by molar-refractivity contribution is 5.09. The molecule has 1 aliphatic heterocycles. The van der Waals surface area contributed by atoms with Gasteiger partial charge in [0, 0.05) is 52.0 Å². The Morgan fingerprint density at radius 1 is 1.24 bits per heavy atom. The SMILES string of the molecule is Cc1nc(C(CN)N2CCN(C3CCCC3)CC2)cn1C. The van der Waals surface area contributed by atoms with Crippen LogP contribution in [0.25, 0.3) is 0 Å². The lowest BCUT2D eigenvalue weighted by Crippen LogP contribution is -2.51. The average molecular weight is 291 g/mol. The summed E-state index contributed by atoms with van der Waals surface area (Å²) < 4.78 is 2.09. The Bertz CT molecular complexity index is 436. The second kappa shape index (κ2) is 6.46. The fraction of sp³-hybridized carbons (Fsp3) is 0.812. The highest BCUT2D eigenvalue weighted by atomic mass is 15.3. The van der Waals surface area contributed by atoms with Crippen molar-refractivity contribution in [2.24, 2.45) is 12.8 Å². The maximum atomic E-state index is 6.05. The van der Waals surface area contributed by atoms with Gasteiger partial charge in [-0.2, -0.15) is 0 Å². The Morgan fingerprint density at radius 2 is 1.90 bits per heavy atom. The number of nitrogens with zero attached hydrogens (tertiary/aromatic N) is 4. The van der Waals surface area contributed by atoms with E-state index in [1.54, 1.807) is 0 Å². The molecule has 1 aromatic heterocycles. The van der Waals surface area contributed by atoms with Crippen LogP contribution < -0.4 is 5.73 Å². The summed E-state index contributed by atoms with van der Waals surface area (Å²) in [5, 5.41) is 0. The summed E-state index contributed by atoms with van der Waals surface area (Å²) >= 11 is 0. The van der Waals surface area contributed by atoms with E-state index in [2.05, 4.69) is 39.5 Å². The Hall–Kier alpha value is -0.910. The molecule has 1 aromatic rings. The largest absolute Gasteiger partial charge is 0.338 e. The third-order valence-electron chi connectivity index (χ3n) is 5.32. The normalized spacial score (nSPS) is 23.8. The van der Waals surface area contributed by atoms with Crippen LogP contribution in [0.1, 0.15) is 43.2 Å². The summed E-state index contributed by atoms with van der Waals surface area (Å²) in [4.78, 5) is 9.90. The number of piperazine rings is 1. The van der Waals surface area contributed by atoms with Crippen LogP contribution >= 0.6 is 0 Å². The molecule has 0 radical (unpaired) electrons. The van der Waals surface area contributed by atoms with Crippen molar-refractivity contribution in [1.29, 1.82) is 0 Å². The number of aromatic nitrogens is 2. The molecule has 1 unspecified atom stereocenters. The molecule has 2 N–H and O–H groups in total. The molecule has 0 bridgehead atoms. The second-order valence-corrected chi connectivity index (χ2v) is 6.59. The minimum atomic E-state index is 0.274. The van der Waals surface area contributed by atoms with E-state index < -0.39 is 0 Å². The third kappa shape index (κ3) is 3.15. The van der Waals surface area contributed by atoms with Gasteiger partial charge in [0.25, 0.3) is 0 Å². The van der Waals surface area contributed by atoms with Crippen molar-refractivity contribution >= 4 is 0 Å². The standard InChI is InChI=1S/C16H29N5/c1-13-18-15(12-19(13)2)16(11-17)21-9-7-20(8-10-21)14-5-3-4-6-14/h12,14,16H,3-11,17H2,1-2H3. The first-order chi connectivity index (χ1) is 10.2. The van der Waals surface area contributed by atoms with Crippen molar-refractivity contribution in [2.45, 2.75) is 44.7 Å². The molecule has 118 valence electrons. The minimum absolute atomic E-state index is 0.274. The van der Waals surface area contributed by atoms with Crippen LogP contribution in [0.4, 0.5) is 0 Å². The molecule has 1 saturated carbocycles. The third-order valence-corrected chi connectivity index (χ3v) is 5.32. The number of rotatable bonds is 4. The first-order valence-corrected chi connectivity index (χ1v) is 8.37. The molecule has 1 saturated heterocycles. The lowest BCUT2D eigenvalue weighted by atomic mass is 10.1. The zero-order valence-electron chi connectivity index (χ0n) is 13.5. The van der Waals surface area contributed by atoms with E-state index in [0.717, 1.165) is 30.6 Å². The summed E-state index contributed by atoms with van der Waals surface area (Å²) in [6, 6.07) is 1.12. The van der Waals surface area contributed by atoms with E-state index in [1.807, 2.05) is 0 Å². The summed E-state index contributed by atoms with van der Waals surface area (Å²) in [5.74, 6) is 1.06. The van der Waals surface area contributed by atoms with Gasteiger partial charge in [0.15, 0.2) is 0 Å². The van der Waals surface area contributed by atoms with E-state index in [4.69, 9.17) is 5.73 Å². The zero-order valence-corrected chi connectivity index (χ0v) is 13.5. The van der Waals surface area contributed by atoms with Crippen molar-refractivity contribution in [3.63, 3.8) is 0 Å². The van der Waals surface area contributed by atoms with Gasteiger partial charge in [-0.25, -0.2) is 4.98 Å². The fourth-order valence-corrected chi connectivity index (χ4v) is 3.89. The molecule has 0 spiro atoms. The lowest BCUT2D eigenvalue weighted by Gasteiger charge is -2.40. The predicted octanol–water partition coefficient (Wildman–Crippen LogP) is 1.29. The van der Waals surface area contributed by atoms with E-state index in [0.29, 0.717) is 6.54 Å². The summed E-state index contributed by atoms with van der Waals surface area (Å²) in [6.45, 7) is 7.32. The van der Waals surface area contributed by atoms with E-state index >= 15 is 0 Å². The zero-order chi connectivity index (χ0) is 14.8. The van der Waals surface area contributed by atoms with Gasteiger partial charge in [0.1, 0.15) is 5.82 Å². The second-order valence-electron chi connectivity index (χ2n) is 6.59. The highest BCUT2D eigenvalue weighted by Crippen LogP contribution is 2.26. The van der Waals surface area contributed by atoms with Crippen molar-refractivity contribution in [3.05, 3.63) is 17.7 Å². The summed E-state index contributed by atoms with van der Waals surface area (Å²) in [5.41, 5.74) is 7.18. The molecule has 21 heavy (non-hydrogen) atoms. The van der Waals surface area contributed by atoms with Crippen LogP contribution in [0.2, 0.25) is 0 Å². The van der Waals surface area contributed by atoms with E-state index in [9.17, 15) is 0 Å². The topological polar surface area (TPSA) is 50.3 Å². The van der Waals surface area contributed by atoms with Crippen LogP contribution in [0.3, 0.4) is 0 Å². The molecule has 5 nitrogen and oxygen atoms in total. The first-order valence-electron chi connectivity index (χ1n) is 8.37. The number of hydrogen-bond donors (Lipinski definition) is 1. The van der Waals surface area contributed by atoms with E-state index in [-0.39, 0.29) is 6.04 Å². The average Bonchev–Trinajstić information content (AvgIpc) is 3.12. The van der Waals surface area contributed by atoms with Gasteiger partial charge in [-0.05, 0) is 19.8 Å². The molecule has 2 heterocycles. The molecular formula is C16H29N5. The maximum absolute atomic E-state index is 6.05. The molecule has 2 aliphatic rings. The minimum Gasteiger partial charge on any atom is -0.338 e. The predicted molar refractivity (Wildman–Crippen MR) is 85.1 cm³/mol. The van der Waals surface area contributed by atoms with Crippen LogP contribution in [0.5, 0.6) is 0 Å². The van der Waals surface area contributed by atoms with Gasteiger partial charge < -0.3 is 10.3 Å². The molecule has 2 fully saturated rings. The van der Waals surface area contributed by atoms with Crippen molar-refractivity contribution < 1.29 is 0 Å². The number of aryl methyl sites for hydroxylation is 2. The first kappa shape index (κ1) is 15.0. The smallest absolute Gasteiger partial charge is 0.105 e. The molecule has 3 rings (SSSR count). The monoisotopic (exact) mass is 291 g/mol. The van der Waals surface area contributed by atoms with Gasteiger partial charge in [-0.1, -0.05) is 12.8 Å². The van der Waals surface area contributed by atoms with Crippen LogP contribution in [-0.2, 0) is 7.05 Å². The Labute approximate surface area is 128 Å². The Kier molecular flexibility index (Phi) is 4.62. The molecule has 1 atom stereocenters. The van der Waals surface area contributed by atoms with E-state index in [1.165, 1.54) is 38.8 Å². The molecule has 1 aliphatic carbocycles. The summed E-state index contributed by atoms with van der Waals surface area (Å²) in [6.07, 6.45) is 7.78. The summed E-state index contributed by atoms with van der Waals surface area (Å²) in [7, 11) is 2.05. The highest BCUT2D eigenvalue weighted by Gasteiger charge is 2.29. The van der Waals surface area contributed by atoms with Gasteiger partial charge in [0.05, 0.1) is 11.7 Å². The van der Waals surface area contributed by atoms with Gasteiger partial charge in [-0.3, -0.25) is 9.80 Å². The fourth-order valence-electron chi connectivity index (χ4n) is 3.89. The van der Waals surface area contributed by atoms with Crippen molar-refractivity contribution in [1.82, 2.24) is 19.4 Å². The Balaban J connectivity index is 1.61. The van der Waals surface area contributed by atoms with Crippen LogP contribution in [0.15, 0.2) is 6.20 Å². The molecular weight excluding hydrogens is 262 g/mol. The number of hydrogen-bond acceptors (Lipinski definition) is 4. The quantitative estimate of drug-likeness (QED) is 0.908. The Morgan fingerprint density at radius 3 is 2.43 bits per heavy atom. The van der Waals surface area contributed by atoms with Crippen LogP contribution in [-0.4, -0.2) is 58.1 Å². The van der Waals surface area contributed by atoms with Gasteiger partial charge >= 0.3 is 0 Å². The number of nitrogens with two attached hydrogens (primary N) is 1. The van der Waals surface area contributed by atoms with Crippen molar-refractivity contribution in [3.8, 4) is 0 Å². The molecule has 0 aromatic carbocycles. The van der Waals surface area contributed by atoms with Crippen LogP contribution in [0, 0.1) is 6.92 Å². The van der Waals surface area contributed by atoms with Crippen molar-refractivity contribution in [2.75, 3.05) is 32.7 Å². The lowest BCUT2D eigenvalue weighted by molar-refractivity contribution is 0.0711. The number of imidazole rings is 1. The van der Waals surface area contributed by atoms with Gasteiger partial charge in [-0.15, -0.1) is 0 Å². The van der Waals surface area contributed by atoms with Gasteiger partial charge in [0.2, 0.25) is 0 Å².